The van der Waals surface area contributed by atoms with Gasteiger partial charge in [0.2, 0.25) is 0 Å². The first-order chi connectivity index (χ1) is 9.16. The van der Waals surface area contributed by atoms with Crippen molar-refractivity contribution < 1.29 is 19.1 Å². The number of rotatable bonds is 5. The van der Waals surface area contributed by atoms with Crippen LogP contribution < -0.4 is 0 Å². The predicted molar refractivity (Wildman–Crippen MR) is 69.5 cm³/mol. The van der Waals surface area contributed by atoms with Gasteiger partial charge < -0.3 is 9.47 Å². The molecule has 1 aromatic carbocycles. The van der Waals surface area contributed by atoms with Gasteiger partial charge in [0.15, 0.2) is 5.78 Å². The van der Waals surface area contributed by atoms with Gasteiger partial charge in [-0.05, 0) is 18.4 Å². The zero-order chi connectivity index (χ0) is 13.7. The lowest BCUT2D eigenvalue weighted by Crippen LogP contribution is -2.39. The molecular formula is C15H18O4. The molecule has 4 heteroatoms. The molecule has 1 fully saturated rings. The number of carbonyl (C=O) groups is 2. The molecule has 0 radical (unpaired) electrons. The quantitative estimate of drug-likeness (QED) is 0.764. The van der Waals surface area contributed by atoms with E-state index >= 15 is 0 Å². The smallest absolute Gasteiger partial charge is 0.308 e. The molecule has 102 valence electrons. The second kappa shape index (κ2) is 5.97. The molecule has 1 atom stereocenters. The Morgan fingerprint density at radius 2 is 2.05 bits per heavy atom. The SMILES string of the molecule is COC(=O)C[C@]1(OCc2ccccc2)CCCC1=O. The number of esters is 1. The van der Waals surface area contributed by atoms with E-state index < -0.39 is 11.6 Å². The van der Waals surface area contributed by atoms with Crippen molar-refractivity contribution in [2.45, 2.75) is 37.9 Å². The van der Waals surface area contributed by atoms with Gasteiger partial charge in [0.1, 0.15) is 5.60 Å². The molecule has 0 N–H and O–H groups in total. The van der Waals surface area contributed by atoms with Crippen molar-refractivity contribution in [1.29, 1.82) is 0 Å². The standard InChI is InChI=1S/C15H18O4/c1-18-14(17)10-15(9-5-8-13(15)16)19-11-12-6-3-2-4-7-12/h2-4,6-7H,5,8-11H2,1H3/t15-/m1/s1. The van der Waals surface area contributed by atoms with E-state index in [2.05, 4.69) is 4.74 Å². The van der Waals surface area contributed by atoms with Gasteiger partial charge in [-0.15, -0.1) is 0 Å². The van der Waals surface area contributed by atoms with Crippen LogP contribution in [-0.2, 0) is 25.7 Å². The van der Waals surface area contributed by atoms with Gasteiger partial charge in [-0.3, -0.25) is 9.59 Å². The largest absolute Gasteiger partial charge is 0.469 e. The number of hydrogen-bond acceptors (Lipinski definition) is 4. The van der Waals surface area contributed by atoms with Gasteiger partial charge in [0.25, 0.3) is 0 Å². The highest BCUT2D eigenvalue weighted by atomic mass is 16.5. The Morgan fingerprint density at radius 3 is 2.63 bits per heavy atom. The maximum absolute atomic E-state index is 12.0. The number of methoxy groups -OCH3 is 1. The molecule has 0 bridgehead atoms. The van der Waals surface area contributed by atoms with Gasteiger partial charge >= 0.3 is 5.97 Å². The summed E-state index contributed by atoms with van der Waals surface area (Å²) in [5.74, 6) is -0.392. The summed E-state index contributed by atoms with van der Waals surface area (Å²) < 4.78 is 10.5. The molecule has 0 aromatic heterocycles. The minimum Gasteiger partial charge on any atom is -0.469 e. The average Bonchev–Trinajstić information content (AvgIpc) is 2.79. The van der Waals surface area contributed by atoms with E-state index in [1.54, 1.807) is 0 Å². The highest BCUT2D eigenvalue weighted by Crippen LogP contribution is 2.34. The first-order valence-corrected chi connectivity index (χ1v) is 6.44. The molecule has 1 aliphatic carbocycles. The van der Waals surface area contributed by atoms with Crippen LogP contribution in [0.3, 0.4) is 0 Å². The van der Waals surface area contributed by atoms with Crippen LogP contribution >= 0.6 is 0 Å². The van der Waals surface area contributed by atoms with E-state index in [1.807, 2.05) is 30.3 Å². The van der Waals surface area contributed by atoms with E-state index in [-0.39, 0.29) is 12.2 Å². The minimum atomic E-state index is -0.983. The van der Waals surface area contributed by atoms with E-state index in [1.165, 1.54) is 7.11 Å². The molecule has 4 nitrogen and oxygen atoms in total. The van der Waals surface area contributed by atoms with Crippen molar-refractivity contribution in [3.63, 3.8) is 0 Å². The molecule has 1 aliphatic rings. The summed E-state index contributed by atoms with van der Waals surface area (Å²) in [5.41, 5.74) is 0.00888. The maximum atomic E-state index is 12.0. The van der Waals surface area contributed by atoms with Gasteiger partial charge in [-0.2, -0.15) is 0 Å². The summed E-state index contributed by atoms with van der Waals surface area (Å²) in [5, 5.41) is 0. The number of hydrogen-bond donors (Lipinski definition) is 0. The zero-order valence-electron chi connectivity index (χ0n) is 11.1. The molecule has 19 heavy (non-hydrogen) atoms. The Bertz CT molecular complexity index is 454. The van der Waals surface area contributed by atoms with E-state index in [0.29, 0.717) is 19.4 Å². The monoisotopic (exact) mass is 262 g/mol. The summed E-state index contributed by atoms with van der Waals surface area (Å²) in [7, 11) is 1.33. The fourth-order valence-corrected chi connectivity index (χ4v) is 2.39. The molecule has 0 saturated heterocycles. The third-order valence-corrected chi connectivity index (χ3v) is 3.51. The van der Waals surface area contributed by atoms with Crippen molar-refractivity contribution in [1.82, 2.24) is 0 Å². The Balaban J connectivity index is 2.06. The van der Waals surface area contributed by atoms with Crippen LogP contribution in [0.15, 0.2) is 30.3 Å². The average molecular weight is 262 g/mol. The Kier molecular flexibility index (Phi) is 4.32. The lowest BCUT2D eigenvalue weighted by molar-refractivity contribution is -0.158. The molecule has 0 heterocycles. The highest BCUT2D eigenvalue weighted by Gasteiger charge is 2.45. The van der Waals surface area contributed by atoms with Gasteiger partial charge in [-0.25, -0.2) is 0 Å². The van der Waals surface area contributed by atoms with Gasteiger partial charge in [0, 0.05) is 6.42 Å². The lowest BCUT2D eigenvalue weighted by atomic mass is 9.96. The molecule has 1 saturated carbocycles. The molecule has 0 spiro atoms. The number of ketones is 1. The third-order valence-electron chi connectivity index (χ3n) is 3.51. The van der Waals surface area contributed by atoms with Crippen LogP contribution in [0.25, 0.3) is 0 Å². The van der Waals surface area contributed by atoms with Crippen LogP contribution in [0.2, 0.25) is 0 Å². The number of ether oxygens (including phenoxy) is 2. The fourth-order valence-electron chi connectivity index (χ4n) is 2.39. The Hall–Kier alpha value is -1.68. The first-order valence-electron chi connectivity index (χ1n) is 6.44. The lowest BCUT2D eigenvalue weighted by Gasteiger charge is -2.26. The zero-order valence-corrected chi connectivity index (χ0v) is 11.1. The van der Waals surface area contributed by atoms with Crippen molar-refractivity contribution >= 4 is 11.8 Å². The van der Waals surface area contributed by atoms with E-state index in [9.17, 15) is 9.59 Å². The Labute approximate surface area is 112 Å². The number of carbonyl (C=O) groups excluding carboxylic acids is 2. The van der Waals surface area contributed by atoms with Crippen molar-refractivity contribution in [2.75, 3.05) is 7.11 Å². The highest BCUT2D eigenvalue weighted by molar-refractivity contribution is 5.93. The van der Waals surface area contributed by atoms with Crippen LogP contribution in [0.4, 0.5) is 0 Å². The first kappa shape index (κ1) is 13.7. The van der Waals surface area contributed by atoms with E-state index in [4.69, 9.17) is 4.74 Å². The Morgan fingerprint density at radius 1 is 1.32 bits per heavy atom. The summed E-state index contributed by atoms with van der Waals surface area (Å²) in [6, 6.07) is 9.63. The molecule has 1 aromatic rings. The maximum Gasteiger partial charge on any atom is 0.308 e. The van der Waals surface area contributed by atoms with Crippen molar-refractivity contribution in [3.8, 4) is 0 Å². The molecule has 2 rings (SSSR count). The predicted octanol–water partition coefficient (Wildman–Crippen LogP) is 2.26. The summed E-state index contributed by atoms with van der Waals surface area (Å²) in [6.45, 7) is 0.337. The summed E-state index contributed by atoms with van der Waals surface area (Å²) in [6.07, 6.45) is 1.85. The molecule has 0 amide bonds. The van der Waals surface area contributed by atoms with Crippen molar-refractivity contribution in [2.24, 2.45) is 0 Å². The van der Waals surface area contributed by atoms with Crippen LogP contribution in [-0.4, -0.2) is 24.5 Å². The minimum absolute atomic E-state index is 0.00818. The second-order valence-corrected chi connectivity index (χ2v) is 4.80. The van der Waals surface area contributed by atoms with Crippen LogP contribution in [0.1, 0.15) is 31.2 Å². The van der Waals surface area contributed by atoms with Crippen LogP contribution in [0, 0.1) is 0 Å². The normalized spacial score (nSPS) is 22.5. The molecule has 0 aliphatic heterocycles. The molecule has 0 unspecified atom stereocenters. The molecular weight excluding hydrogens is 244 g/mol. The summed E-state index contributed by atoms with van der Waals surface area (Å²) >= 11 is 0. The number of benzene rings is 1. The second-order valence-electron chi connectivity index (χ2n) is 4.80. The fraction of sp³-hybridized carbons (Fsp3) is 0.467. The third kappa shape index (κ3) is 3.20. The topological polar surface area (TPSA) is 52.6 Å². The van der Waals surface area contributed by atoms with Crippen LogP contribution in [0.5, 0.6) is 0 Å². The van der Waals surface area contributed by atoms with Crippen molar-refractivity contribution in [3.05, 3.63) is 35.9 Å². The van der Waals surface area contributed by atoms with Gasteiger partial charge in [-0.1, -0.05) is 30.3 Å². The van der Waals surface area contributed by atoms with E-state index in [0.717, 1.165) is 12.0 Å². The van der Waals surface area contributed by atoms with Gasteiger partial charge in [0.05, 0.1) is 20.1 Å². The number of Topliss-reactive ketones (excluding diaryl/α,β-unsaturated/α-hetero) is 1. The summed E-state index contributed by atoms with van der Waals surface area (Å²) in [4.78, 5) is 23.5.